The quantitative estimate of drug-likeness (QED) is 0.198. The van der Waals surface area contributed by atoms with Crippen LogP contribution in [0.5, 0.6) is 0 Å². The van der Waals surface area contributed by atoms with Gasteiger partial charge in [0.2, 0.25) is 0 Å². The molecule has 1 aromatic heterocycles. The number of carbonyl (C=O) groups excluding carboxylic acids is 1. The number of aromatic amines is 1. The molecule has 0 radical (unpaired) electrons. The van der Waals surface area contributed by atoms with Gasteiger partial charge in [0, 0.05) is 34.5 Å². The lowest BCUT2D eigenvalue weighted by Crippen LogP contribution is -2.13. The van der Waals surface area contributed by atoms with Crippen molar-refractivity contribution in [3.05, 3.63) is 91.9 Å². The van der Waals surface area contributed by atoms with E-state index in [1.54, 1.807) is 37.3 Å². The highest BCUT2D eigenvalue weighted by Crippen LogP contribution is 2.32. The number of amides is 1. The number of aryl methyl sites for hydroxylation is 1. The summed E-state index contributed by atoms with van der Waals surface area (Å²) in [6.45, 7) is 1.66. The second kappa shape index (κ2) is 9.51. The number of rotatable bonds is 6. The van der Waals surface area contributed by atoms with Crippen molar-refractivity contribution >= 4 is 35.1 Å². The Labute approximate surface area is 180 Å². The highest BCUT2D eigenvalue weighted by atomic mass is 32.2. The Morgan fingerprint density at radius 3 is 2.65 bits per heavy atom. The van der Waals surface area contributed by atoms with Gasteiger partial charge in [0.15, 0.2) is 5.16 Å². The van der Waals surface area contributed by atoms with E-state index in [9.17, 15) is 25.0 Å². The Hall–Kier alpha value is -4.23. The summed E-state index contributed by atoms with van der Waals surface area (Å²) in [5, 5.41) is 23.6. The van der Waals surface area contributed by atoms with Crippen LogP contribution in [0.4, 0.5) is 11.4 Å². The lowest BCUT2D eigenvalue weighted by Gasteiger charge is -2.08. The Balaban J connectivity index is 2.01. The predicted molar refractivity (Wildman–Crippen MR) is 115 cm³/mol. The van der Waals surface area contributed by atoms with E-state index in [1.165, 1.54) is 30.3 Å². The third-order valence-corrected chi connectivity index (χ3v) is 4.93. The maximum atomic E-state index is 12.5. The van der Waals surface area contributed by atoms with Gasteiger partial charge in [-0.2, -0.15) is 5.26 Å². The molecule has 2 aromatic carbocycles. The molecule has 0 saturated heterocycles. The van der Waals surface area contributed by atoms with Gasteiger partial charge in [-0.15, -0.1) is 0 Å². The van der Waals surface area contributed by atoms with Crippen LogP contribution in [-0.2, 0) is 4.79 Å². The van der Waals surface area contributed by atoms with E-state index in [2.05, 4.69) is 15.3 Å². The van der Waals surface area contributed by atoms with Gasteiger partial charge >= 0.3 is 0 Å². The number of nitrogens with zero attached hydrogens (tertiary/aromatic N) is 3. The molecule has 1 amide bonds. The van der Waals surface area contributed by atoms with Crippen molar-refractivity contribution in [2.45, 2.75) is 17.0 Å². The molecule has 0 aliphatic heterocycles. The van der Waals surface area contributed by atoms with Crippen LogP contribution in [0.2, 0.25) is 0 Å². The van der Waals surface area contributed by atoms with Gasteiger partial charge in [0.05, 0.1) is 4.92 Å². The first-order chi connectivity index (χ1) is 14.9. The summed E-state index contributed by atoms with van der Waals surface area (Å²) < 4.78 is 0. The van der Waals surface area contributed by atoms with Gasteiger partial charge in [-0.3, -0.25) is 19.7 Å². The summed E-state index contributed by atoms with van der Waals surface area (Å²) in [6, 6.07) is 15.8. The highest BCUT2D eigenvalue weighted by molar-refractivity contribution is 7.99. The normalized spacial score (nSPS) is 10.9. The van der Waals surface area contributed by atoms with Crippen molar-refractivity contribution in [3.63, 3.8) is 0 Å². The number of aromatic nitrogens is 2. The van der Waals surface area contributed by atoms with E-state index in [0.717, 1.165) is 11.8 Å². The fourth-order valence-electron chi connectivity index (χ4n) is 2.58. The summed E-state index contributed by atoms with van der Waals surface area (Å²) in [6.07, 6.45) is 1.27. The van der Waals surface area contributed by atoms with Crippen LogP contribution in [-0.4, -0.2) is 20.8 Å². The molecule has 0 aliphatic carbocycles. The fourth-order valence-corrected chi connectivity index (χ4v) is 3.50. The number of carbonyl (C=O) groups is 1. The molecule has 0 fully saturated rings. The zero-order chi connectivity index (χ0) is 22.4. The number of benzene rings is 2. The van der Waals surface area contributed by atoms with Crippen LogP contribution in [0.25, 0.3) is 6.08 Å². The summed E-state index contributed by atoms with van der Waals surface area (Å²) in [7, 11) is 0. The van der Waals surface area contributed by atoms with Crippen LogP contribution < -0.4 is 10.9 Å². The van der Waals surface area contributed by atoms with Crippen LogP contribution in [0.15, 0.2) is 75.0 Å². The highest BCUT2D eigenvalue weighted by Gasteiger charge is 2.15. The number of nitro groups is 1. The molecule has 0 bridgehead atoms. The molecule has 0 spiro atoms. The Kier molecular flexibility index (Phi) is 6.59. The van der Waals surface area contributed by atoms with Gasteiger partial charge in [-0.05, 0) is 36.8 Å². The fraction of sp³-hybridized carbons (Fsp3) is 0.0476. The van der Waals surface area contributed by atoms with Crippen molar-refractivity contribution in [3.8, 4) is 6.07 Å². The van der Waals surface area contributed by atoms with Crippen LogP contribution in [0.1, 0.15) is 11.3 Å². The van der Waals surface area contributed by atoms with E-state index >= 15 is 0 Å². The van der Waals surface area contributed by atoms with Crippen LogP contribution >= 0.6 is 11.8 Å². The first-order valence-electron chi connectivity index (χ1n) is 8.88. The first kappa shape index (κ1) is 21.5. The zero-order valence-electron chi connectivity index (χ0n) is 16.2. The van der Waals surface area contributed by atoms with Crippen molar-refractivity contribution in [2.24, 2.45) is 0 Å². The number of hydrogen-bond acceptors (Lipinski definition) is 7. The average Bonchev–Trinajstić information content (AvgIpc) is 2.72. The first-order valence-corrected chi connectivity index (χ1v) is 9.70. The average molecular weight is 433 g/mol. The van der Waals surface area contributed by atoms with Crippen LogP contribution in [0, 0.1) is 28.4 Å². The van der Waals surface area contributed by atoms with Crippen molar-refractivity contribution < 1.29 is 9.72 Å². The Bertz CT molecular complexity index is 1280. The standard InChI is InChI=1S/C21H15N5O4S/c1-13-9-19(27)25-21(23-13)31-18-8-7-17(26(29)30)11-14(18)10-15(12-22)20(28)24-16-5-3-2-4-6-16/h2-11H,1H3,(H,24,28)(H,23,25,27)/b15-10+. The number of nitriles is 1. The molecule has 3 aromatic rings. The van der Waals surface area contributed by atoms with Gasteiger partial charge in [-0.25, -0.2) is 4.98 Å². The molecule has 2 N–H and O–H groups in total. The molecule has 9 nitrogen and oxygen atoms in total. The van der Waals surface area contributed by atoms with E-state index in [4.69, 9.17) is 0 Å². The lowest BCUT2D eigenvalue weighted by atomic mass is 10.1. The maximum absolute atomic E-state index is 12.5. The maximum Gasteiger partial charge on any atom is 0.270 e. The molecule has 3 rings (SSSR count). The van der Waals surface area contributed by atoms with Gasteiger partial charge in [-0.1, -0.05) is 30.0 Å². The summed E-state index contributed by atoms with van der Waals surface area (Å²) in [5.74, 6) is -0.654. The Morgan fingerprint density at radius 1 is 1.26 bits per heavy atom. The monoisotopic (exact) mass is 433 g/mol. The summed E-state index contributed by atoms with van der Waals surface area (Å²) >= 11 is 1.06. The molecule has 154 valence electrons. The topological polar surface area (TPSA) is 142 Å². The SMILES string of the molecule is Cc1cc(=O)[nH]c(Sc2ccc([N+](=O)[O-])cc2/C=C(\C#N)C(=O)Nc2ccccc2)n1. The zero-order valence-corrected chi connectivity index (χ0v) is 17.0. The van der Waals surface area contributed by atoms with E-state index in [0.29, 0.717) is 16.3 Å². The number of nitrogens with one attached hydrogen (secondary N) is 2. The smallest absolute Gasteiger partial charge is 0.270 e. The van der Waals surface area contributed by atoms with Gasteiger partial charge in [0.25, 0.3) is 17.2 Å². The molecule has 0 aliphatic rings. The minimum atomic E-state index is -0.654. The molecular formula is C21H15N5O4S. The van der Waals surface area contributed by atoms with Gasteiger partial charge in [0.1, 0.15) is 11.6 Å². The van der Waals surface area contributed by atoms with Crippen molar-refractivity contribution in [2.75, 3.05) is 5.32 Å². The minimum Gasteiger partial charge on any atom is -0.321 e. The number of para-hydroxylation sites is 1. The van der Waals surface area contributed by atoms with Gasteiger partial charge < -0.3 is 10.3 Å². The number of hydrogen-bond donors (Lipinski definition) is 2. The lowest BCUT2D eigenvalue weighted by molar-refractivity contribution is -0.384. The van der Waals surface area contributed by atoms with Crippen molar-refractivity contribution in [1.82, 2.24) is 9.97 Å². The molecular weight excluding hydrogens is 418 g/mol. The second-order valence-corrected chi connectivity index (χ2v) is 7.29. The van der Waals surface area contributed by atoms with E-state index in [1.807, 2.05) is 6.07 Å². The third kappa shape index (κ3) is 5.65. The van der Waals surface area contributed by atoms with E-state index < -0.39 is 10.8 Å². The largest absolute Gasteiger partial charge is 0.321 e. The minimum absolute atomic E-state index is 0.206. The molecule has 1 heterocycles. The summed E-state index contributed by atoms with van der Waals surface area (Å²) in [4.78, 5) is 42.2. The number of anilines is 1. The van der Waals surface area contributed by atoms with Crippen LogP contribution in [0.3, 0.4) is 0 Å². The third-order valence-electron chi connectivity index (χ3n) is 3.96. The number of nitro benzene ring substituents is 1. The molecule has 10 heteroatoms. The number of non-ortho nitro benzene ring substituents is 1. The molecule has 31 heavy (non-hydrogen) atoms. The second-order valence-electron chi connectivity index (χ2n) is 6.26. The van der Waals surface area contributed by atoms with E-state index in [-0.39, 0.29) is 27.5 Å². The predicted octanol–water partition coefficient (Wildman–Crippen LogP) is 3.68. The summed E-state index contributed by atoms with van der Waals surface area (Å²) in [5.41, 5.74) is 0.491. The molecule has 0 saturated carbocycles. The Morgan fingerprint density at radius 2 is 2.00 bits per heavy atom. The van der Waals surface area contributed by atoms with Crippen molar-refractivity contribution in [1.29, 1.82) is 5.26 Å². The number of H-pyrrole nitrogens is 1. The molecule has 0 atom stereocenters. The molecule has 0 unspecified atom stereocenters.